The van der Waals surface area contributed by atoms with Crippen molar-refractivity contribution in [3.05, 3.63) is 64.9 Å². The van der Waals surface area contributed by atoms with Gasteiger partial charge in [-0.15, -0.1) is 0 Å². The summed E-state index contributed by atoms with van der Waals surface area (Å²) in [7, 11) is 1.48. The highest BCUT2D eigenvalue weighted by Gasteiger charge is 2.66. The van der Waals surface area contributed by atoms with Crippen molar-refractivity contribution in [2.45, 2.75) is 96.4 Å². The summed E-state index contributed by atoms with van der Waals surface area (Å²) in [6.07, 6.45) is 3.15. The lowest BCUT2D eigenvalue weighted by molar-refractivity contribution is -0.141. The first-order valence-electron chi connectivity index (χ1n) is 17.8. The zero-order valence-electron chi connectivity index (χ0n) is 29.8. The van der Waals surface area contributed by atoms with Gasteiger partial charge in [0.05, 0.1) is 30.8 Å². The third-order valence-electron chi connectivity index (χ3n) is 10.8. The van der Waals surface area contributed by atoms with Crippen LogP contribution in [0, 0.1) is 12.3 Å². The lowest BCUT2D eigenvalue weighted by Gasteiger charge is -2.27. The molecule has 4 aromatic rings. The minimum atomic E-state index is -4.68. The van der Waals surface area contributed by atoms with E-state index in [4.69, 9.17) is 4.74 Å². The van der Waals surface area contributed by atoms with E-state index >= 15 is 0 Å². The van der Waals surface area contributed by atoms with E-state index in [-0.39, 0.29) is 61.1 Å². The number of nitrogens with one attached hydrogen (secondary N) is 1. The van der Waals surface area contributed by atoms with E-state index in [1.54, 1.807) is 28.9 Å². The molecule has 15 heteroatoms. The lowest BCUT2D eigenvalue weighted by Crippen LogP contribution is -2.45. The van der Waals surface area contributed by atoms with Gasteiger partial charge in [-0.3, -0.25) is 23.9 Å². The normalized spacial score (nSPS) is 22.3. The maximum atomic E-state index is 14.5. The highest BCUT2D eigenvalue weighted by atomic mass is 19.4. The van der Waals surface area contributed by atoms with Crippen molar-refractivity contribution < 1.29 is 37.1 Å². The third-order valence-corrected chi connectivity index (χ3v) is 10.8. The van der Waals surface area contributed by atoms with Crippen molar-refractivity contribution in [1.29, 1.82) is 0 Å². The Labute approximate surface area is 303 Å². The molecule has 1 saturated carbocycles. The Hall–Kier alpha value is -5.21. The molecule has 3 aromatic heterocycles. The van der Waals surface area contributed by atoms with Gasteiger partial charge in [-0.05, 0) is 73.9 Å². The second-order valence-corrected chi connectivity index (χ2v) is 14.4. The molecular formula is C38H40F3N7O5. The number of nitrogens with zero attached hydrogens (tertiary/aromatic N) is 6. The molecule has 0 radical (unpaired) electrons. The molecule has 1 N–H and O–H groups in total. The van der Waals surface area contributed by atoms with Crippen molar-refractivity contribution in [1.82, 2.24) is 34.9 Å². The Kier molecular flexibility index (Phi) is 9.53. The molecule has 5 heterocycles. The smallest absolute Gasteiger partial charge is 0.433 e. The maximum Gasteiger partial charge on any atom is 0.433 e. The zero-order valence-corrected chi connectivity index (χ0v) is 29.8. The number of amides is 2. The van der Waals surface area contributed by atoms with Crippen LogP contribution in [0.2, 0.25) is 0 Å². The Morgan fingerprint density at radius 2 is 1.75 bits per heavy atom. The molecule has 3 aliphatic rings. The van der Waals surface area contributed by atoms with E-state index in [1.807, 2.05) is 12.1 Å². The van der Waals surface area contributed by atoms with Crippen LogP contribution in [-0.2, 0) is 39.9 Å². The number of hydrogen-bond acceptors (Lipinski definition) is 9. The SMILES string of the molecule is COc1ncc(-c2cc3c4c(c2)c(C(C)=O)nn4CC(=O)N2[C@H](C(=O)Cc4nc(C(F)(F)F)ccc4C)C[C@@]4(CNC(=O)CCCCCC3)C[C@@H]24)cn1. The number of ketones is 2. The van der Waals surface area contributed by atoms with Crippen LogP contribution < -0.4 is 10.1 Å². The summed E-state index contributed by atoms with van der Waals surface area (Å²) >= 11 is 0. The molecule has 0 unspecified atom stereocenters. The topological polar surface area (TPSA) is 149 Å². The largest absolute Gasteiger partial charge is 0.467 e. The fraction of sp³-hybridized carbons (Fsp3) is 0.474. The average Bonchev–Trinajstić information content (AvgIpc) is 3.53. The van der Waals surface area contributed by atoms with E-state index < -0.39 is 35.0 Å². The molecule has 2 aliphatic heterocycles. The van der Waals surface area contributed by atoms with E-state index in [0.29, 0.717) is 47.7 Å². The van der Waals surface area contributed by atoms with E-state index in [2.05, 4.69) is 25.4 Å². The fourth-order valence-electron chi connectivity index (χ4n) is 7.94. The van der Waals surface area contributed by atoms with E-state index in [1.165, 1.54) is 20.1 Å². The van der Waals surface area contributed by atoms with E-state index in [0.717, 1.165) is 36.5 Å². The van der Waals surface area contributed by atoms with Gasteiger partial charge in [0, 0.05) is 54.7 Å². The number of ether oxygens (including phenoxy) is 1. The van der Waals surface area contributed by atoms with Gasteiger partial charge in [-0.1, -0.05) is 18.9 Å². The molecule has 3 atom stereocenters. The second-order valence-electron chi connectivity index (χ2n) is 14.4. The first-order valence-corrected chi connectivity index (χ1v) is 17.8. The number of piperidine rings is 1. The van der Waals surface area contributed by atoms with Crippen LogP contribution >= 0.6 is 0 Å². The van der Waals surface area contributed by atoms with Crippen molar-refractivity contribution in [2.24, 2.45) is 5.41 Å². The monoisotopic (exact) mass is 731 g/mol. The van der Waals surface area contributed by atoms with Crippen LogP contribution in [0.25, 0.3) is 22.0 Å². The van der Waals surface area contributed by atoms with Gasteiger partial charge in [0.15, 0.2) is 11.6 Å². The molecule has 12 nitrogen and oxygen atoms in total. The van der Waals surface area contributed by atoms with E-state index in [9.17, 15) is 32.3 Å². The third kappa shape index (κ3) is 7.12. The molecular weight excluding hydrogens is 691 g/mol. The molecule has 0 spiro atoms. The number of carbonyl (C=O) groups is 4. The number of pyridine rings is 1. The van der Waals surface area contributed by atoms with Crippen molar-refractivity contribution in [3.8, 4) is 17.1 Å². The van der Waals surface area contributed by atoms with Gasteiger partial charge in [0.2, 0.25) is 11.8 Å². The standard InChI is InChI=1S/C38H40F3N7O5/c1-21-10-11-30(38(39,40)41)45-27(21)14-29(50)28-15-37-16-31(37)48(28)33(52)19-47-35-23(8-6-4-5-7-9-32(51)44-20-37)12-24(13-26(35)34(46-47)22(2)49)25-17-42-36(53-3)43-18-25/h10-13,17-18,28,31H,4-9,14-16,19-20H2,1-3H3,(H,44,51)/t28-,31+,37-/m0/s1. The lowest BCUT2D eigenvalue weighted by atomic mass is 9.94. The average molecular weight is 732 g/mol. The number of rotatable bonds is 6. The van der Waals surface area contributed by atoms with Crippen LogP contribution in [-0.4, -0.2) is 78.8 Å². The Morgan fingerprint density at radius 3 is 2.45 bits per heavy atom. The van der Waals surface area contributed by atoms with Gasteiger partial charge in [0.1, 0.15) is 17.9 Å². The van der Waals surface area contributed by atoms with Gasteiger partial charge in [-0.25, -0.2) is 15.0 Å². The first kappa shape index (κ1) is 36.2. The summed E-state index contributed by atoms with van der Waals surface area (Å²) in [5, 5.41) is 8.26. The number of aromatic nitrogens is 5. The highest BCUT2D eigenvalue weighted by Crippen LogP contribution is 2.59. The molecule has 7 rings (SSSR count). The molecule has 1 saturated heterocycles. The molecule has 1 aromatic carbocycles. The summed E-state index contributed by atoms with van der Waals surface area (Å²) in [5.41, 5.74) is 1.97. The minimum absolute atomic E-state index is 0.00137. The Morgan fingerprint density at radius 1 is 1.02 bits per heavy atom. The number of hydrogen-bond donors (Lipinski definition) is 1. The predicted octanol–water partition coefficient (Wildman–Crippen LogP) is 5.22. The fourth-order valence-corrected chi connectivity index (χ4v) is 7.94. The molecule has 53 heavy (non-hydrogen) atoms. The molecule has 2 fully saturated rings. The van der Waals surface area contributed by atoms with Crippen molar-refractivity contribution in [2.75, 3.05) is 13.7 Å². The van der Waals surface area contributed by atoms with Crippen LogP contribution in [0.1, 0.15) is 84.9 Å². The number of benzene rings is 1. The van der Waals surface area contributed by atoms with Crippen LogP contribution in [0.15, 0.2) is 36.7 Å². The summed E-state index contributed by atoms with van der Waals surface area (Å²) in [6.45, 7) is 3.02. The number of carbonyl (C=O) groups excluding carboxylic acids is 4. The molecule has 2 bridgehead atoms. The number of alkyl halides is 3. The van der Waals surface area contributed by atoms with Crippen molar-refractivity contribution >= 4 is 34.3 Å². The predicted molar refractivity (Wildman–Crippen MR) is 186 cm³/mol. The number of methoxy groups -OCH3 is 1. The van der Waals surface area contributed by atoms with Crippen LogP contribution in [0.3, 0.4) is 0 Å². The quantitative estimate of drug-likeness (QED) is 0.264. The highest BCUT2D eigenvalue weighted by molar-refractivity contribution is 6.07. The number of halogens is 3. The Balaban J connectivity index is 1.28. The summed E-state index contributed by atoms with van der Waals surface area (Å²) < 4.78 is 47.3. The van der Waals surface area contributed by atoms with Crippen molar-refractivity contribution in [3.63, 3.8) is 0 Å². The zero-order chi connectivity index (χ0) is 37.7. The number of aryl methyl sites for hydroxylation is 2. The van der Waals surface area contributed by atoms with Gasteiger partial charge in [-0.2, -0.15) is 18.3 Å². The first-order chi connectivity index (χ1) is 25.3. The maximum absolute atomic E-state index is 14.5. The summed E-state index contributed by atoms with van der Waals surface area (Å²) in [5.74, 6) is -1.22. The summed E-state index contributed by atoms with van der Waals surface area (Å²) in [4.78, 5) is 68.2. The van der Waals surface area contributed by atoms with Crippen LogP contribution in [0.5, 0.6) is 6.01 Å². The van der Waals surface area contributed by atoms with Gasteiger partial charge < -0.3 is 15.0 Å². The van der Waals surface area contributed by atoms with Gasteiger partial charge in [0.25, 0.3) is 0 Å². The number of Topliss-reactive ketones (excluding diaryl/α,β-unsaturated/α-hetero) is 2. The summed E-state index contributed by atoms with van der Waals surface area (Å²) in [6, 6.07) is 4.91. The van der Waals surface area contributed by atoms with Gasteiger partial charge >= 0.3 is 12.2 Å². The van der Waals surface area contributed by atoms with Crippen LogP contribution in [0.4, 0.5) is 13.2 Å². The molecule has 1 aliphatic carbocycles. The molecule has 2 amide bonds. The minimum Gasteiger partial charge on any atom is -0.467 e. The second kappa shape index (κ2) is 14.0. The Bertz CT molecular complexity index is 2120. The molecule has 278 valence electrons.